The van der Waals surface area contributed by atoms with Crippen molar-refractivity contribution in [2.24, 2.45) is 0 Å². The molecular formula is C20H18ClN3O4. The second kappa shape index (κ2) is 8.67. The molecule has 3 aromatic rings. The first kappa shape index (κ1) is 19.6. The van der Waals surface area contributed by atoms with Gasteiger partial charge < -0.3 is 14.2 Å². The number of nitrogens with zero attached hydrogens (tertiary/aromatic N) is 3. The third-order valence-corrected chi connectivity index (χ3v) is 4.18. The summed E-state index contributed by atoms with van der Waals surface area (Å²) >= 11 is 5.89. The number of amides is 1. The SMILES string of the molecule is CCN(Cc1nc(-c2ccc(Cl)cc2)no1)C(=O)c1ccc(OC(C)=O)cc1. The van der Waals surface area contributed by atoms with Crippen LogP contribution < -0.4 is 4.74 Å². The molecule has 1 amide bonds. The van der Waals surface area contributed by atoms with Crippen LogP contribution in [0.5, 0.6) is 5.75 Å². The van der Waals surface area contributed by atoms with E-state index >= 15 is 0 Å². The lowest BCUT2D eigenvalue weighted by Gasteiger charge is -2.18. The number of carbonyl (C=O) groups is 2. The van der Waals surface area contributed by atoms with Crippen molar-refractivity contribution >= 4 is 23.5 Å². The summed E-state index contributed by atoms with van der Waals surface area (Å²) in [6, 6.07) is 13.4. The van der Waals surface area contributed by atoms with Crippen molar-refractivity contribution in [1.29, 1.82) is 0 Å². The number of hydrogen-bond acceptors (Lipinski definition) is 6. The maximum atomic E-state index is 12.7. The summed E-state index contributed by atoms with van der Waals surface area (Å²) in [5, 5.41) is 4.58. The zero-order valence-corrected chi connectivity index (χ0v) is 16.1. The molecule has 1 heterocycles. The second-order valence-corrected chi connectivity index (χ2v) is 6.39. The van der Waals surface area contributed by atoms with Crippen molar-refractivity contribution in [3.63, 3.8) is 0 Å². The predicted molar refractivity (Wildman–Crippen MR) is 103 cm³/mol. The van der Waals surface area contributed by atoms with Gasteiger partial charge in [-0.1, -0.05) is 16.8 Å². The average Bonchev–Trinajstić information content (AvgIpc) is 3.15. The Morgan fingerprint density at radius 3 is 2.39 bits per heavy atom. The molecule has 0 spiro atoms. The molecule has 0 fully saturated rings. The van der Waals surface area contributed by atoms with E-state index in [0.717, 1.165) is 5.56 Å². The number of aromatic nitrogens is 2. The minimum absolute atomic E-state index is 0.182. The summed E-state index contributed by atoms with van der Waals surface area (Å²) in [7, 11) is 0. The van der Waals surface area contributed by atoms with Crippen LogP contribution in [-0.4, -0.2) is 33.5 Å². The standard InChI is InChI=1S/C20H18ClN3O4/c1-3-24(20(26)15-6-10-17(11-7-15)27-13(2)25)12-18-22-19(23-28-18)14-4-8-16(21)9-5-14/h4-11H,3,12H2,1-2H3. The van der Waals surface area contributed by atoms with Gasteiger partial charge in [0.05, 0.1) is 0 Å². The highest BCUT2D eigenvalue weighted by atomic mass is 35.5. The molecule has 0 saturated carbocycles. The van der Waals surface area contributed by atoms with Crippen LogP contribution in [-0.2, 0) is 11.3 Å². The fourth-order valence-corrected chi connectivity index (χ4v) is 2.67. The molecule has 2 aromatic carbocycles. The molecule has 0 N–H and O–H groups in total. The minimum Gasteiger partial charge on any atom is -0.427 e. The molecule has 0 aliphatic rings. The topological polar surface area (TPSA) is 85.5 Å². The maximum Gasteiger partial charge on any atom is 0.308 e. The van der Waals surface area contributed by atoms with Crippen LogP contribution in [0.4, 0.5) is 0 Å². The summed E-state index contributed by atoms with van der Waals surface area (Å²) in [6.07, 6.45) is 0. The number of ether oxygens (including phenoxy) is 1. The number of esters is 1. The van der Waals surface area contributed by atoms with Crippen LogP contribution in [0.25, 0.3) is 11.4 Å². The fraction of sp³-hybridized carbons (Fsp3) is 0.200. The summed E-state index contributed by atoms with van der Waals surface area (Å²) < 4.78 is 10.3. The number of benzene rings is 2. The molecule has 7 nitrogen and oxygen atoms in total. The summed E-state index contributed by atoms with van der Waals surface area (Å²) in [5.74, 6) is 0.541. The normalized spacial score (nSPS) is 10.5. The Hall–Kier alpha value is -3.19. The second-order valence-electron chi connectivity index (χ2n) is 5.96. The van der Waals surface area contributed by atoms with Gasteiger partial charge >= 0.3 is 5.97 Å². The van der Waals surface area contributed by atoms with Crippen LogP contribution in [0.15, 0.2) is 53.1 Å². The molecular weight excluding hydrogens is 382 g/mol. The Labute approximate surface area is 166 Å². The summed E-state index contributed by atoms with van der Waals surface area (Å²) in [5.41, 5.74) is 1.24. The quantitative estimate of drug-likeness (QED) is 0.460. The van der Waals surface area contributed by atoms with Crippen LogP contribution in [0.2, 0.25) is 5.02 Å². The third-order valence-electron chi connectivity index (χ3n) is 3.93. The number of halogens is 1. The van der Waals surface area contributed by atoms with E-state index < -0.39 is 5.97 Å². The highest BCUT2D eigenvalue weighted by Crippen LogP contribution is 2.20. The van der Waals surface area contributed by atoms with Crippen molar-refractivity contribution in [1.82, 2.24) is 15.0 Å². The molecule has 0 saturated heterocycles. The van der Waals surface area contributed by atoms with E-state index in [1.54, 1.807) is 53.4 Å². The zero-order valence-electron chi connectivity index (χ0n) is 15.4. The molecule has 3 rings (SSSR count). The lowest BCUT2D eigenvalue weighted by molar-refractivity contribution is -0.131. The van der Waals surface area contributed by atoms with Crippen LogP contribution in [0, 0.1) is 0 Å². The van der Waals surface area contributed by atoms with Gasteiger partial charge in [-0.15, -0.1) is 0 Å². The van der Waals surface area contributed by atoms with E-state index in [9.17, 15) is 9.59 Å². The van der Waals surface area contributed by atoms with Gasteiger partial charge in [0.1, 0.15) is 12.3 Å². The molecule has 28 heavy (non-hydrogen) atoms. The number of hydrogen-bond donors (Lipinski definition) is 0. The van der Waals surface area contributed by atoms with Crippen LogP contribution in [0.1, 0.15) is 30.1 Å². The minimum atomic E-state index is -0.415. The maximum absolute atomic E-state index is 12.7. The lowest BCUT2D eigenvalue weighted by Crippen LogP contribution is -2.30. The molecule has 0 aliphatic carbocycles. The van der Waals surface area contributed by atoms with Crippen molar-refractivity contribution < 1.29 is 18.8 Å². The Morgan fingerprint density at radius 2 is 1.79 bits per heavy atom. The van der Waals surface area contributed by atoms with Gasteiger partial charge in [-0.3, -0.25) is 9.59 Å². The molecule has 0 bridgehead atoms. The van der Waals surface area contributed by atoms with Gasteiger partial charge in [0.15, 0.2) is 0 Å². The largest absolute Gasteiger partial charge is 0.427 e. The number of carbonyl (C=O) groups excluding carboxylic acids is 2. The highest BCUT2D eigenvalue weighted by molar-refractivity contribution is 6.30. The van der Waals surface area contributed by atoms with Crippen molar-refractivity contribution in [2.45, 2.75) is 20.4 Å². The first-order chi connectivity index (χ1) is 13.5. The van der Waals surface area contributed by atoms with E-state index in [0.29, 0.717) is 34.6 Å². The number of rotatable bonds is 6. The zero-order chi connectivity index (χ0) is 20.1. The first-order valence-electron chi connectivity index (χ1n) is 8.62. The molecule has 8 heteroatoms. The van der Waals surface area contributed by atoms with Gasteiger partial charge in [0.2, 0.25) is 11.7 Å². The van der Waals surface area contributed by atoms with Crippen LogP contribution >= 0.6 is 11.6 Å². The predicted octanol–water partition coefficient (Wildman–Crippen LogP) is 3.98. The highest BCUT2D eigenvalue weighted by Gasteiger charge is 2.18. The Morgan fingerprint density at radius 1 is 1.11 bits per heavy atom. The van der Waals surface area contributed by atoms with Gasteiger partial charge in [-0.25, -0.2) is 0 Å². The summed E-state index contributed by atoms with van der Waals surface area (Å²) in [4.78, 5) is 29.7. The molecule has 0 aliphatic heterocycles. The lowest BCUT2D eigenvalue weighted by atomic mass is 10.2. The third kappa shape index (κ3) is 4.75. The molecule has 1 aromatic heterocycles. The molecule has 0 unspecified atom stereocenters. The van der Waals surface area contributed by atoms with Gasteiger partial charge in [-0.2, -0.15) is 4.98 Å². The van der Waals surface area contributed by atoms with Crippen molar-refractivity contribution in [3.05, 3.63) is 65.0 Å². The fourth-order valence-electron chi connectivity index (χ4n) is 2.54. The molecule has 0 radical (unpaired) electrons. The van der Waals surface area contributed by atoms with Crippen LogP contribution in [0.3, 0.4) is 0 Å². The first-order valence-corrected chi connectivity index (χ1v) is 9.00. The van der Waals surface area contributed by atoms with E-state index in [1.807, 2.05) is 6.92 Å². The van der Waals surface area contributed by atoms with Gasteiger partial charge in [-0.05, 0) is 55.5 Å². The Balaban J connectivity index is 1.70. The van der Waals surface area contributed by atoms with Gasteiger partial charge in [0.25, 0.3) is 5.91 Å². The van der Waals surface area contributed by atoms with E-state index in [2.05, 4.69) is 10.1 Å². The Bertz CT molecular complexity index is 968. The van der Waals surface area contributed by atoms with E-state index in [-0.39, 0.29) is 12.5 Å². The Kier molecular flexibility index (Phi) is 6.06. The van der Waals surface area contributed by atoms with Gasteiger partial charge in [0, 0.05) is 29.6 Å². The summed E-state index contributed by atoms with van der Waals surface area (Å²) in [6.45, 7) is 3.83. The van der Waals surface area contributed by atoms with E-state index in [1.165, 1.54) is 6.92 Å². The smallest absolute Gasteiger partial charge is 0.308 e. The van der Waals surface area contributed by atoms with Crippen molar-refractivity contribution in [2.75, 3.05) is 6.54 Å². The van der Waals surface area contributed by atoms with E-state index in [4.69, 9.17) is 20.9 Å². The average molecular weight is 400 g/mol. The monoisotopic (exact) mass is 399 g/mol. The van der Waals surface area contributed by atoms with Crippen molar-refractivity contribution in [3.8, 4) is 17.1 Å². The molecule has 0 atom stereocenters. The molecule has 144 valence electrons.